The van der Waals surface area contributed by atoms with Gasteiger partial charge < -0.3 is 9.63 Å². The van der Waals surface area contributed by atoms with Gasteiger partial charge in [-0.1, -0.05) is 5.16 Å². The molecule has 0 saturated carbocycles. The minimum absolute atomic E-state index is 0.185. The number of hydrogen-bond acceptors (Lipinski definition) is 4. The Balaban J connectivity index is 2.45. The van der Waals surface area contributed by atoms with Crippen LogP contribution in [0.15, 0.2) is 16.8 Å². The van der Waals surface area contributed by atoms with Gasteiger partial charge in [-0.25, -0.2) is 4.79 Å². The third kappa shape index (κ3) is 1.61. The summed E-state index contributed by atoms with van der Waals surface area (Å²) in [4.78, 5) is 10.6. The Bertz CT molecular complexity index is 512. The van der Waals surface area contributed by atoms with E-state index in [0.717, 1.165) is 5.56 Å². The normalized spacial score (nSPS) is 10.5. The van der Waals surface area contributed by atoms with E-state index < -0.39 is 5.97 Å². The summed E-state index contributed by atoms with van der Waals surface area (Å²) < 4.78 is 6.28. The molecule has 0 aliphatic carbocycles. The largest absolute Gasteiger partial charge is 0.475 e. The summed E-state index contributed by atoms with van der Waals surface area (Å²) in [6.45, 7) is 1.87. The molecular formula is C9H9N3O3. The minimum Gasteiger partial charge on any atom is -0.475 e. The average Bonchev–Trinajstić information content (AvgIpc) is 2.71. The molecule has 0 aliphatic rings. The molecule has 2 heterocycles. The van der Waals surface area contributed by atoms with Crippen molar-refractivity contribution >= 4 is 5.97 Å². The van der Waals surface area contributed by atoms with Crippen molar-refractivity contribution in [2.45, 2.75) is 6.92 Å². The van der Waals surface area contributed by atoms with Gasteiger partial charge in [0, 0.05) is 19.3 Å². The predicted octanol–water partition coefficient (Wildman–Crippen LogP) is 1.08. The molecule has 0 saturated heterocycles. The Kier molecular flexibility index (Phi) is 2.03. The van der Waals surface area contributed by atoms with Gasteiger partial charge in [0.15, 0.2) is 0 Å². The van der Waals surface area contributed by atoms with Gasteiger partial charge in [0.25, 0.3) is 0 Å². The number of aromatic nitrogens is 3. The Morgan fingerprint density at radius 3 is 2.80 bits per heavy atom. The summed E-state index contributed by atoms with van der Waals surface area (Å²) in [5, 5.41) is 16.5. The maximum atomic E-state index is 10.6. The smallest absolute Gasteiger partial charge is 0.374 e. The zero-order chi connectivity index (χ0) is 11.0. The standard InChI is InChI=1S/C9H9N3O3/c1-5-4-12(2)10-8(5)6-3-7(9(13)14)15-11-6/h3-4H,1-2H3,(H,13,14). The molecule has 15 heavy (non-hydrogen) atoms. The van der Waals surface area contributed by atoms with Gasteiger partial charge in [-0.15, -0.1) is 0 Å². The highest BCUT2D eigenvalue weighted by molar-refractivity contribution is 5.85. The molecule has 1 N–H and O–H groups in total. The summed E-state index contributed by atoms with van der Waals surface area (Å²) >= 11 is 0. The highest BCUT2D eigenvalue weighted by atomic mass is 16.5. The zero-order valence-electron chi connectivity index (χ0n) is 8.26. The van der Waals surface area contributed by atoms with Crippen LogP contribution in [0.2, 0.25) is 0 Å². The maximum Gasteiger partial charge on any atom is 0.374 e. The fourth-order valence-electron chi connectivity index (χ4n) is 1.35. The molecule has 0 atom stereocenters. The molecule has 6 nitrogen and oxygen atoms in total. The van der Waals surface area contributed by atoms with Gasteiger partial charge >= 0.3 is 5.97 Å². The first-order valence-corrected chi connectivity index (χ1v) is 4.28. The van der Waals surface area contributed by atoms with Crippen LogP contribution in [-0.2, 0) is 7.05 Å². The molecule has 0 bridgehead atoms. The molecule has 0 fully saturated rings. The highest BCUT2D eigenvalue weighted by Crippen LogP contribution is 2.20. The molecule has 2 aromatic heterocycles. The van der Waals surface area contributed by atoms with Crippen LogP contribution < -0.4 is 0 Å². The summed E-state index contributed by atoms with van der Waals surface area (Å²) in [5.41, 5.74) is 1.99. The molecule has 0 spiro atoms. The van der Waals surface area contributed by atoms with Gasteiger partial charge in [-0.2, -0.15) is 5.10 Å². The first-order chi connectivity index (χ1) is 7.08. The number of carbonyl (C=O) groups is 1. The first kappa shape index (κ1) is 9.45. The van der Waals surface area contributed by atoms with Crippen LogP contribution >= 0.6 is 0 Å². The summed E-state index contributed by atoms with van der Waals surface area (Å²) in [6.07, 6.45) is 1.82. The van der Waals surface area contributed by atoms with Crippen LogP contribution in [0.5, 0.6) is 0 Å². The number of nitrogens with zero attached hydrogens (tertiary/aromatic N) is 3. The van der Waals surface area contributed by atoms with Crippen molar-refractivity contribution in [1.82, 2.24) is 14.9 Å². The van der Waals surface area contributed by atoms with Gasteiger partial charge in [0.05, 0.1) is 0 Å². The molecule has 0 aromatic carbocycles. The second-order valence-corrected chi connectivity index (χ2v) is 3.22. The molecular weight excluding hydrogens is 198 g/mol. The van der Waals surface area contributed by atoms with Crippen molar-refractivity contribution in [2.24, 2.45) is 7.05 Å². The van der Waals surface area contributed by atoms with Crippen LogP contribution in [0.4, 0.5) is 0 Å². The van der Waals surface area contributed by atoms with Crippen molar-refractivity contribution in [3.05, 3.63) is 23.6 Å². The van der Waals surface area contributed by atoms with Crippen LogP contribution in [-0.4, -0.2) is 26.0 Å². The number of aromatic carboxylic acids is 1. The number of carboxylic acid groups (broad SMARTS) is 1. The monoisotopic (exact) mass is 207 g/mol. The Hall–Kier alpha value is -2.11. The van der Waals surface area contributed by atoms with Crippen LogP contribution in [0.25, 0.3) is 11.4 Å². The van der Waals surface area contributed by atoms with E-state index in [4.69, 9.17) is 5.11 Å². The molecule has 0 amide bonds. The molecule has 6 heteroatoms. The zero-order valence-corrected chi connectivity index (χ0v) is 8.26. The number of rotatable bonds is 2. The van der Waals surface area contributed by atoms with Crippen LogP contribution in [0, 0.1) is 6.92 Å². The molecule has 78 valence electrons. The molecule has 2 aromatic rings. The van der Waals surface area contributed by atoms with E-state index in [9.17, 15) is 4.79 Å². The van der Waals surface area contributed by atoms with E-state index in [1.54, 1.807) is 11.7 Å². The van der Waals surface area contributed by atoms with Gasteiger partial charge in [-0.3, -0.25) is 4.68 Å². The average molecular weight is 207 g/mol. The molecule has 0 aliphatic heterocycles. The van der Waals surface area contributed by atoms with Gasteiger partial charge in [0.1, 0.15) is 11.4 Å². The molecule has 0 unspecified atom stereocenters. The second-order valence-electron chi connectivity index (χ2n) is 3.22. The number of hydrogen-bond donors (Lipinski definition) is 1. The predicted molar refractivity (Wildman–Crippen MR) is 50.4 cm³/mol. The lowest BCUT2D eigenvalue weighted by Gasteiger charge is -1.87. The Morgan fingerprint density at radius 1 is 1.60 bits per heavy atom. The van der Waals surface area contributed by atoms with Gasteiger partial charge in [0.2, 0.25) is 5.76 Å². The van der Waals surface area contributed by atoms with Crippen molar-refractivity contribution in [2.75, 3.05) is 0 Å². The lowest BCUT2D eigenvalue weighted by Crippen LogP contribution is -1.91. The van der Waals surface area contributed by atoms with E-state index in [-0.39, 0.29) is 5.76 Å². The summed E-state index contributed by atoms with van der Waals surface area (Å²) in [6, 6.07) is 1.36. The quantitative estimate of drug-likeness (QED) is 0.796. The van der Waals surface area contributed by atoms with Gasteiger partial charge in [-0.05, 0) is 12.5 Å². The molecule has 0 radical (unpaired) electrons. The third-order valence-corrected chi connectivity index (χ3v) is 1.98. The van der Waals surface area contributed by atoms with Crippen molar-refractivity contribution in [3.63, 3.8) is 0 Å². The minimum atomic E-state index is -1.14. The SMILES string of the molecule is Cc1cn(C)nc1-c1cc(C(=O)O)on1. The fraction of sp³-hybridized carbons (Fsp3) is 0.222. The second kappa shape index (κ2) is 3.23. The van der Waals surface area contributed by atoms with E-state index >= 15 is 0 Å². The lowest BCUT2D eigenvalue weighted by molar-refractivity contribution is 0.0652. The number of carboxylic acids is 1. The van der Waals surface area contributed by atoms with Crippen molar-refractivity contribution < 1.29 is 14.4 Å². The van der Waals surface area contributed by atoms with E-state index in [1.165, 1.54) is 6.07 Å². The first-order valence-electron chi connectivity index (χ1n) is 4.28. The van der Waals surface area contributed by atoms with E-state index in [0.29, 0.717) is 11.4 Å². The summed E-state index contributed by atoms with van der Waals surface area (Å²) in [7, 11) is 1.79. The van der Waals surface area contributed by atoms with E-state index in [2.05, 4.69) is 14.8 Å². The van der Waals surface area contributed by atoms with E-state index in [1.807, 2.05) is 13.1 Å². The van der Waals surface area contributed by atoms with Crippen molar-refractivity contribution in [3.8, 4) is 11.4 Å². The highest BCUT2D eigenvalue weighted by Gasteiger charge is 2.15. The molecule has 2 rings (SSSR count). The maximum absolute atomic E-state index is 10.6. The third-order valence-electron chi connectivity index (χ3n) is 1.98. The number of aryl methyl sites for hydroxylation is 2. The van der Waals surface area contributed by atoms with Crippen molar-refractivity contribution in [1.29, 1.82) is 0 Å². The summed E-state index contributed by atoms with van der Waals surface area (Å²) in [5.74, 6) is -1.32. The Morgan fingerprint density at radius 2 is 2.33 bits per heavy atom. The lowest BCUT2D eigenvalue weighted by atomic mass is 10.2. The fourth-order valence-corrected chi connectivity index (χ4v) is 1.35. The topological polar surface area (TPSA) is 81.2 Å². The van der Waals surface area contributed by atoms with Crippen LogP contribution in [0.1, 0.15) is 16.1 Å². The Labute approximate surface area is 85.1 Å². The van der Waals surface area contributed by atoms with Crippen LogP contribution in [0.3, 0.4) is 0 Å².